The van der Waals surface area contributed by atoms with Gasteiger partial charge in [-0.15, -0.1) is 0 Å². The fourth-order valence-corrected chi connectivity index (χ4v) is 1.09. The second-order valence-electron chi connectivity index (χ2n) is 3.25. The van der Waals surface area contributed by atoms with Crippen LogP contribution in [0.5, 0.6) is 5.75 Å². The highest BCUT2D eigenvalue weighted by atomic mass is 19.4. The Balaban J connectivity index is 3.07. The number of nitrogens with zero attached hydrogens (tertiary/aromatic N) is 1. The molecular weight excluding hydrogens is 241 g/mol. The Kier molecular flexibility index (Phi) is 3.45. The zero-order valence-electron chi connectivity index (χ0n) is 8.69. The molecule has 0 saturated carbocycles. The number of benzene rings is 1. The Morgan fingerprint density at radius 2 is 2.06 bits per heavy atom. The van der Waals surface area contributed by atoms with E-state index in [1.54, 1.807) is 0 Å². The van der Waals surface area contributed by atoms with Gasteiger partial charge in [0.1, 0.15) is 5.69 Å². The molecule has 5 nitrogen and oxygen atoms in total. The molecule has 1 rings (SSSR count). The van der Waals surface area contributed by atoms with Crippen LogP contribution < -0.4 is 10.5 Å². The molecule has 0 bridgehead atoms. The van der Waals surface area contributed by atoms with Gasteiger partial charge in [0.05, 0.1) is 4.92 Å². The molecule has 1 atom stereocenters. The Morgan fingerprint density at radius 1 is 1.47 bits per heavy atom. The fraction of sp³-hybridized carbons (Fsp3) is 0.333. The summed E-state index contributed by atoms with van der Waals surface area (Å²) in [6.07, 6.45) is -6.75. The average Bonchev–Trinajstić information content (AvgIpc) is 2.15. The van der Waals surface area contributed by atoms with E-state index in [0.29, 0.717) is 0 Å². The second kappa shape index (κ2) is 4.48. The topological polar surface area (TPSA) is 78.4 Å². The molecule has 94 valence electrons. The third kappa shape index (κ3) is 2.99. The zero-order chi connectivity index (χ0) is 13.2. The summed E-state index contributed by atoms with van der Waals surface area (Å²) in [6, 6.07) is 3.56. The molecule has 0 aromatic heterocycles. The molecule has 0 aliphatic rings. The number of alkyl halides is 3. The van der Waals surface area contributed by atoms with Crippen molar-refractivity contribution >= 4 is 11.4 Å². The molecule has 0 fully saturated rings. The maximum absolute atomic E-state index is 12.2. The first-order chi connectivity index (χ1) is 7.73. The van der Waals surface area contributed by atoms with Gasteiger partial charge < -0.3 is 10.5 Å². The van der Waals surface area contributed by atoms with E-state index in [0.717, 1.165) is 13.0 Å². The molecule has 0 aliphatic heterocycles. The molecule has 0 aliphatic carbocycles. The molecule has 0 heterocycles. The van der Waals surface area contributed by atoms with Gasteiger partial charge in [0, 0.05) is 0 Å². The number of hydrogen-bond acceptors (Lipinski definition) is 4. The summed E-state index contributed by atoms with van der Waals surface area (Å²) in [6.45, 7) is 0.757. The number of para-hydroxylation sites is 1. The number of halogens is 3. The van der Waals surface area contributed by atoms with Crippen molar-refractivity contribution in [3.63, 3.8) is 0 Å². The van der Waals surface area contributed by atoms with Gasteiger partial charge in [0.15, 0.2) is 11.9 Å². The lowest BCUT2D eigenvalue weighted by Crippen LogP contribution is -2.31. The van der Waals surface area contributed by atoms with E-state index in [4.69, 9.17) is 5.73 Å². The first-order valence-corrected chi connectivity index (χ1v) is 4.49. The van der Waals surface area contributed by atoms with Crippen LogP contribution >= 0.6 is 0 Å². The number of nitrogen functional groups attached to an aromatic ring is 1. The van der Waals surface area contributed by atoms with Crippen molar-refractivity contribution in [1.82, 2.24) is 0 Å². The summed E-state index contributed by atoms with van der Waals surface area (Å²) in [5, 5.41) is 10.6. The minimum atomic E-state index is -4.60. The van der Waals surface area contributed by atoms with Gasteiger partial charge in [0.2, 0.25) is 0 Å². The smallest absolute Gasteiger partial charge is 0.425 e. The van der Waals surface area contributed by atoms with Crippen molar-refractivity contribution in [2.24, 2.45) is 0 Å². The normalized spacial score (nSPS) is 13.2. The second-order valence-corrected chi connectivity index (χ2v) is 3.25. The van der Waals surface area contributed by atoms with Crippen LogP contribution in [0.3, 0.4) is 0 Å². The first-order valence-electron chi connectivity index (χ1n) is 4.49. The maximum Gasteiger partial charge on any atom is 0.425 e. The molecule has 8 heteroatoms. The molecule has 1 aromatic carbocycles. The molecule has 1 aromatic rings. The molecule has 1 unspecified atom stereocenters. The summed E-state index contributed by atoms with van der Waals surface area (Å²) >= 11 is 0. The number of anilines is 1. The molecule has 0 radical (unpaired) electrons. The van der Waals surface area contributed by atoms with Crippen molar-refractivity contribution in [2.75, 3.05) is 5.73 Å². The molecular formula is C9H9F3N2O3. The van der Waals surface area contributed by atoms with E-state index in [1.807, 2.05) is 0 Å². The highest BCUT2D eigenvalue weighted by molar-refractivity contribution is 5.65. The predicted octanol–water partition coefficient (Wildman–Crippen LogP) is 2.51. The lowest BCUT2D eigenvalue weighted by Gasteiger charge is -2.17. The quantitative estimate of drug-likeness (QED) is 0.508. The lowest BCUT2D eigenvalue weighted by atomic mass is 10.2. The Bertz CT molecular complexity index is 434. The van der Waals surface area contributed by atoms with Crippen LogP contribution in [0.2, 0.25) is 0 Å². The summed E-state index contributed by atoms with van der Waals surface area (Å²) in [7, 11) is 0. The van der Waals surface area contributed by atoms with Gasteiger partial charge >= 0.3 is 11.9 Å². The summed E-state index contributed by atoms with van der Waals surface area (Å²) in [5.41, 5.74) is 4.39. The van der Waals surface area contributed by atoms with Crippen LogP contribution in [0.15, 0.2) is 18.2 Å². The van der Waals surface area contributed by atoms with E-state index in [1.165, 1.54) is 12.1 Å². The highest BCUT2D eigenvalue weighted by Gasteiger charge is 2.39. The minimum absolute atomic E-state index is 0.248. The maximum atomic E-state index is 12.2. The van der Waals surface area contributed by atoms with E-state index < -0.39 is 28.6 Å². The molecule has 17 heavy (non-hydrogen) atoms. The number of rotatable bonds is 3. The van der Waals surface area contributed by atoms with Crippen LogP contribution in [0.4, 0.5) is 24.5 Å². The van der Waals surface area contributed by atoms with Crippen molar-refractivity contribution in [3.05, 3.63) is 28.3 Å². The van der Waals surface area contributed by atoms with Crippen LogP contribution in [0.1, 0.15) is 6.92 Å². The number of ether oxygens (including phenoxy) is 1. The van der Waals surface area contributed by atoms with Gasteiger partial charge in [0.25, 0.3) is 0 Å². The van der Waals surface area contributed by atoms with Crippen molar-refractivity contribution in [3.8, 4) is 5.75 Å². The average molecular weight is 250 g/mol. The van der Waals surface area contributed by atoms with E-state index in [2.05, 4.69) is 4.74 Å². The third-order valence-corrected chi connectivity index (χ3v) is 1.98. The fourth-order valence-electron chi connectivity index (χ4n) is 1.09. The van der Waals surface area contributed by atoms with Gasteiger partial charge in [-0.05, 0) is 19.1 Å². The number of nitrogens with two attached hydrogens (primary N) is 1. The van der Waals surface area contributed by atoms with Gasteiger partial charge in [-0.3, -0.25) is 10.1 Å². The molecule has 0 saturated heterocycles. The molecule has 0 amide bonds. The minimum Gasteiger partial charge on any atom is -0.474 e. The Morgan fingerprint density at radius 3 is 2.53 bits per heavy atom. The van der Waals surface area contributed by atoms with Crippen LogP contribution in [0, 0.1) is 10.1 Å². The molecule has 2 N–H and O–H groups in total. The summed E-state index contributed by atoms with van der Waals surface area (Å²) in [5.74, 6) is -0.500. The van der Waals surface area contributed by atoms with Gasteiger partial charge in [-0.25, -0.2) is 0 Å². The Labute approximate surface area is 94.1 Å². The standard InChI is InChI=1S/C9H9F3N2O3/c1-5(9(10,11)12)17-7-4-2-3-6(13)8(7)14(15)16/h2-5H,13H2,1H3. The van der Waals surface area contributed by atoms with Crippen molar-refractivity contribution in [1.29, 1.82) is 0 Å². The third-order valence-electron chi connectivity index (χ3n) is 1.98. The molecule has 0 spiro atoms. The zero-order valence-corrected chi connectivity index (χ0v) is 8.69. The SMILES string of the molecule is CC(Oc1cccc(N)c1[N+](=O)[O-])C(F)(F)F. The largest absolute Gasteiger partial charge is 0.474 e. The first kappa shape index (κ1) is 13.1. The van der Waals surface area contributed by atoms with Gasteiger partial charge in [-0.2, -0.15) is 13.2 Å². The Hall–Kier alpha value is -1.99. The van der Waals surface area contributed by atoms with Crippen LogP contribution in [0.25, 0.3) is 0 Å². The number of nitro groups is 1. The predicted molar refractivity (Wildman–Crippen MR) is 53.7 cm³/mol. The lowest BCUT2D eigenvalue weighted by molar-refractivity contribution is -0.385. The summed E-state index contributed by atoms with van der Waals surface area (Å²) in [4.78, 5) is 9.76. The van der Waals surface area contributed by atoms with Crippen LogP contribution in [-0.4, -0.2) is 17.2 Å². The van der Waals surface area contributed by atoms with Crippen molar-refractivity contribution in [2.45, 2.75) is 19.2 Å². The van der Waals surface area contributed by atoms with Crippen molar-refractivity contribution < 1.29 is 22.8 Å². The monoisotopic (exact) mass is 250 g/mol. The number of hydrogen-bond donors (Lipinski definition) is 1. The highest BCUT2D eigenvalue weighted by Crippen LogP contribution is 2.35. The van der Waals surface area contributed by atoms with E-state index in [-0.39, 0.29) is 5.69 Å². The number of nitro benzene ring substituents is 1. The van der Waals surface area contributed by atoms with E-state index in [9.17, 15) is 23.3 Å². The van der Waals surface area contributed by atoms with Crippen LogP contribution in [-0.2, 0) is 0 Å². The van der Waals surface area contributed by atoms with E-state index >= 15 is 0 Å². The summed E-state index contributed by atoms with van der Waals surface area (Å²) < 4.78 is 41.2. The van der Waals surface area contributed by atoms with Gasteiger partial charge in [-0.1, -0.05) is 6.07 Å².